The van der Waals surface area contributed by atoms with Gasteiger partial charge in [-0.05, 0) is 0 Å². The highest BCUT2D eigenvalue weighted by Crippen LogP contribution is 2.35. The van der Waals surface area contributed by atoms with Crippen molar-refractivity contribution in [3.63, 3.8) is 0 Å². The second kappa shape index (κ2) is 7.15. The van der Waals surface area contributed by atoms with Gasteiger partial charge < -0.3 is 9.47 Å². The fourth-order valence-corrected chi connectivity index (χ4v) is 0.886. The van der Waals surface area contributed by atoms with Crippen LogP contribution < -0.4 is 0 Å². The minimum Gasteiger partial charge on any atom is -0.459 e. The van der Waals surface area contributed by atoms with Gasteiger partial charge in [0.2, 0.25) is 0 Å². The van der Waals surface area contributed by atoms with Gasteiger partial charge in [0.05, 0.1) is 6.42 Å². The average molecular weight is 308 g/mol. The highest BCUT2D eigenvalue weighted by molar-refractivity contribution is 5.81. The Morgan fingerprint density at radius 3 is 2.05 bits per heavy atom. The van der Waals surface area contributed by atoms with E-state index in [1.165, 1.54) is 0 Å². The quantitative estimate of drug-likeness (QED) is 0.298. The molecule has 0 saturated heterocycles. The Hall–Kier alpha value is -1.74. The largest absolute Gasteiger partial charge is 0.459 e. The van der Waals surface area contributed by atoms with E-state index in [1.807, 2.05) is 0 Å². The fourth-order valence-electron chi connectivity index (χ4n) is 0.886. The van der Waals surface area contributed by atoms with Gasteiger partial charge in [-0.1, -0.05) is 6.58 Å². The van der Waals surface area contributed by atoms with E-state index >= 15 is 0 Å². The molecule has 4 nitrogen and oxygen atoms in total. The van der Waals surface area contributed by atoms with Crippen LogP contribution in [0.5, 0.6) is 0 Å². The van der Waals surface area contributed by atoms with Crippen molar-refractivity contribution in [2.45, 2.75) is 24.7 Å². The lowest BCUT2D eigenvalue weighted by Crippen LogP contribution is -2.41. The first-order valence-corrected chi connectivity index (χ1v) is 5.03. The first kappa shape index (κ1) is 18.3. The van der Waals surface area contributed by atoms with Crippen LogP contribution in [0.25, 0.3) is 0 Å². The van der Waals surface area contributed by atoms with Gasteiger partial charge in [0, 0.05) is 6.08 Å². The summed E-state index contributed by atoms with van der Waals surface area (Å²) in [5.74, 6) is -13.1. The number of esters is 2. The zero-order valence-electron chi connectivity index (χ0n) is 9.88. The first-order valence-electron chi connectivity index (χ1n) is 5.03. The molecule has 0 unspecified atom stereocenters. The van der Waals surface area contributed by atoms with E-state index < -0.39 is 49.8 Å². The second-order valence-corrected chi connectivity index (χ2v) is 3.45. The van der Waals surface area contributed by atoms with Crippen LogP contribution in [0, 0.1) is 0 Å². The van der Waals surface area contributed by atoms with Crippen molar-refractivity contribution < 1.29 is 45.4 Å². The topological polar surface area (TPSA) is 52.6 Å². The maximum Gasteiger partial charge on any atom is 0.377 e. The van der Waals surface area contributed by atoms with E-state index in [9.17, 15) is 35.9 Å². The highest BCUT2D eigenvalue weighted by atomic mass is 19.3. The predicted molar refractivity (Wildman–Crippen MR) is 52.6 cm³/mol. The number of carbonyl (C=O) groups is 2. The molecule has 0 N–H and O–H groups in total. The summed E-state index contributed by atoms with van der Waals surface area (Å²) in [6, 6.07) is 0. The van der Waals surface area contributed by atoms with Crippen molar-refractivity contribution in [1.29, 1.82) is 0 Å². The highest BCUT2D eigenvalue weighted by Gasteiger charge is 2.54. The van der Waals surface area contributed by atoms with Gasteiger partial charge in [-0.15, -0.1) is 0 Å². The van der Waals surface area contributed by atoms with E-state index in [2.05, 4.69) is 16.1 Å². The van der Waals surface area contributed by atoms with Gasteiger partial charge in [0.25, 0.3) is 0 Å². The van der Waals surface area contributed by atoms with Crippen LogP contribution >= 0.6 is 0 Å². The summed E-state index contributed by atoms with van der Waals surface area (Å²) in [6.07, 6.45) is -6.27. The van der Waals surface area contributed by atoms with Crippen LogP contribution in [0.1, 0.15) is 6.42 Å². The smallest absolute Gasteiger partial charge is 0.377 e. The van der Waals surface area contributed by atoms with Crippen LogP contribution in [0.4, 0.5) is 26.3 Å². The molecule has 0 rings (SSSR count). The number of hydrogen-bond donors (Lipinski definition) is 0. The molecule has 0 aliphatic carbocycles. The van der Waals surface area contributed by atoms with Gasteiger partial charge in [-0.3, -0.25) is 0 Å². The maximum atomic E-state index is 12.9. The summed E-state index contributed by atoms with van der Waals surface area (Å²) in [5, 5.41) is 0. The zero-order valence-corrected chi connectivity index (χ0v) is 9.88. The molecule has 0 aromatic rings. The SMILES string of the molecule is C=CC(=O)OCCOC(=O)C(F)(F)CC(F)(F)C(F)F. The van der Waals surface area contributed by atoms with Crippen molar-refractivity contribution in [2.24, 2.45) is 0 Å². The van der Waals surface area contributed by atoms with Crippen LogP contribution in [0.3, 0.4) is 0 Å². The minimum atomic E-state index is -5.03. The van der Waals surface area contributed by atoms with Crippen molar-refractivity contribution in [1.82, 2.24) is 0 Å². The van der Waals surface area contributed by atoms with Crippen molar-refractivity contribution in [2.75, 3.05) is 13.2 Å². The number of rotatable bonds is 8. The molecule has 0 spiro atoms. The van der Waals surface area contributed by atoms with E-state index in [0.29, 0.717) is 0 Å². The predicted octanol–water partition coefficient (Wildman–Crippen LogP) is 2.18. The van der Waals surface area contributed by atoms with Crippen LogP contribution in [0.2, 0.25) is 0 Å². The maximum absolute atomic E-state index is 12.9. The Balaban J connectivity index is 4.31. The standard InChI is InChI=1S/C10H10F6O4/c1-2-6(17)19-3-4-20-8(18)10(15,16)5-9(13,14)7(11)12/h2,7H,1,3-5H2. The molecule has 0 heterocycles. The molecule has 0 radical (unpaired) electrons. The monoisotopic (exact) mass is 308 g/mol. The molecule has 0 aromatic heterocycles. The number of hydrogen-bond acceptors (Lipinski definition) is 4. The van der Waals surface area contributed by atoms with E-state index in [-0.39, 0.29) is 0 Å². The Bertz CT molecular complexity index is 369. The lowest BCUT2D eigenvalue weighted by atomic mass is 10.1. The summed E-state index contributed by atoms with van der Waals surface area (Å²) in [4.78, 5) is 21.3. The third-order valence-electron chi connectivity index (χ3n) is 1.80. The second-order valence-electron chi connectivity index (χ2n) is 3.45. The zero-order chi connectivity index (χ0) is 16.0. The molecular formula is C10H10F6O4. The summed E-state index contributed by atoms with van der Waals surface area (Å²) in [7, 11) is 0. The average Bonchev–Trinajstić information content (AvgIpc) is 2.32. The van der Waals surface area contributed by atoms with Gasteiger partial charge in [-0.2, -0.15) is 8.78 Å². The molecule has 0 fully saturated rings. The lowest BCUT2D eigenvalue weighted by molar-refractivity contribution is -0.203. The van der Waals surface area contributed by atoms with Crippen molar-refractivity contribution in [3.8, 4) is 0 Å². The third-order valence-corrected chi connectivity index (χ3v) is 1.80. The summed E-state index contributed by atoms with van der Waals surface area (Å²) < 4.78 is 82.2. The molecule has 0 saturated carbocycles. The molecule has 10 heteroatoms. The molecule has 0 atom stereocenters. The van der Waals surface area contributed by atoms with E-state index in [0.717, 1.165) is 6.08 Å². The molecule has 0 bridgehead atoms. The molecule has 20 heavy (non-hydrogen) atoms. The minimum absolute atomic E-state index is 0.613. The van der Waals surface area contributed by atoms with Crippen LogP contribution in [0.15, 0.2) is 12.7 Å². The van der Waals surface area contributed by atoms with E-state index in [1.54, 1.807) is 0 Å². The van der Waals surface area contributed by atoms with Gasteiger partial charge >= 0.3 is 30.2 Å². The van der Waals surface area contributed by atoms with Gasteiger partial charge in [0.15, 0.2) is 0 Å². The number of carbonyl (C=O) groups excluding carboxylic acids is 2. The van der Waals surface area contributed by atoms with Crippen LogP contribution in [-0.4, -0.2) is 43.4 Å². The van der Waals surface area contributed by atoms with E-state index in [4.69, 9.17) is 0 Å². The lowest BCUT2D eigenvalue weighted by Gasteiger charge is -2.21. The Kier molecular flexibility index (Phi) is 6.53. The summed E-state index contributed by atoms with van der Waals surface area (Å²) in [5.41, 5.74) is 0. The Labute approximate surface area is 109 Å². The Morgan fingerprint density at radius 1 is 1.10 bits per heavy atom. The van der Waals surface area contributed by atoms with Gasteiger partial charge in [-0.25, -0.2) is 27.2 Å². The van der Waals surface area contributed by atoms with Gasteiger partial charge in [0.1, 0.15) is 13.2 Å². The number of ether oxygens (including phenoxy) is 2. The summed E-state index contributed by atoms with van der Waals surface area (Å²) in [6.45, 7) is 1.56. The molecule has 0 amide bonds. The number of halogens is 6. The molecular weight excluding hydrogens is 298 g/mol. The number of alkyl halides is 6. The molecule has 0 aromatic carbocycles. The molecule has 116 valence electrons. The van der Waals surface area contributed by atoms with Crippen molar-refractivity contribution in [3.05, 3.63) is 12.7 Å². The van der Waals surface area contributed by atoms with Crippen LogP contribution in [-0.2, 0) is 19.1 Å². The van der Waals surface area contributed by atoms with Crippen molar-refractivity contribution >= 4 is 11.9 Å². The first-order chi connectivity index (χ1) is 9.03. The Morgan fingerprint density at radius 2 is 1.60 bits per heavy atom. The normalized spacial score (nSPS) is 12.2. The third kappa shape index (κ3) is 5.93. The summed E-state index contributed by atoms with van der Waals surface area (Å²) >= 11 is 0. The fraction of sp³-hybridized carbons (Fsp3) is 0.600. The molecule has 0 aliphatic heterocycles. The molecule has 0 aliphatic rings.